The fourth-order valence-corrected chi connectivity index (χ4v) is 2.32. The van der Waals surface area contributed by atoms with Crippen molar-refractivity contribution in [1.29, 1.82) is 0 Å². The van der Waals surface area contributed by atoms with Crippen molar-refractivity contribution < 1.29 is 14.3 Å². The van der Waals surface area contributed by atoms with Crippen LogP contribution in [0.5, 0.6) is 0 Å². The first-order valence-corrected chi connectivity index (χ1v) is 6.67. The first kappa shape index (κ1) is 13.3. The Bertz CT molecular complexity index is 395. The van der Waals surface area contributed by atoms with Crippen molar-refractivity contribution in [2.45, 2.75) is 58.2 Å². The quantitative estimate of drug-likeness (QED) is 0.376. The van der Waals surface area contributed by atoms with E-state index in [1.54, 1.807) is 6.08 Å². The van der Waals surface area contributed by atoms with Gasteiger partial charge in [0.1, 0.15) is 12.2 Å². The van der Waals surface area contributed by atoms with Crippen molar-refractivity contribution in [3.8, 4) is 0 Å². The molecule has 0 bridgehead atoms. The summed E-state index contributed by atoms with van der Waals surface area (Å²) in [5.41, 5.74) is 2.22. The van der Waals surface area contributed by atoms with Crippen LogP contribution in [0.4, 0.5) is 0 Å². The normalized spacial score (nSPS) is 39.7. The van der Waals surface area contributed by atoms with Crippen LogP contribution in [0.25, 0.3) is 0 Å². The predicted molar refractivity (Wildman–Crippen MR) is 70.2 cm³/mol. The van der Waals surface area contributed by atoms with Gasteiger partial charge in [-0.3, -0.25) is 0 Å². The van der Waals surface area contributed by atoms with Gasteiger partial charge in [0.2, 0.25) is 0 Å². The Hall–Kier alpha value is -1.09. The van der Waals surface area contributed by atoms with Crippen LogP contribution in [0.3, 0.4) is 0 Å². The molecule has 0 aromatic carbocycles. The van der Waals surface area contributed by atoms with Crippen molar-refractivity contribution in [3.05, 3.63) is 23.3 Å². The van der Waals surface area contributed by atoms with Gasteiger partial charge in [0, 0.05) is 6.08 Å². The Kier molecular flexibility index (Phi) is 3.91. The third-order valence-electron chi connectivity index (χ3n) is 3.73. The van der Waals surface area contributed by atoms with E-state index in [9.17, 15) is 4.79 Å². The summed E-state index contributed by atoms with van der Waals surface area (Å²) in [7, 11) is 0. The van der Waals surface area contributed by atoms with E-state index >= 15 is 0 Å². The summed E-state index contributed by atoms with van der Waals surface area (Å²) in [6.07, 6.45) is 8.09. The minimum atomic E-state index is -0.258. The number of esters is 1. The number of carbonyl (C=O) groups excluding carboxylic acids is 1. The van der Waals surface area contributed by atoms with E-state index in [0.717, 1.165) is 31.3 Å². The van der Waals surface area contributed by atoms with Crippen molar-refractivity contribution in [2.24, 2.45) is 0 Å². The lowest BCUT2D eigenvalue weighted by Gasteiger charge is -2.07. The molecule has 1 saturated heterocycles. The molecule has 0 saturated carbocycles. The Morgan fingerprint density at radius 3 is 2.83 bits per heavy atom. The van der Waals surface area contributed by atoms with Gasteiger partial charge in [0.15, 0.2) is 0 Å². The average molecular weight is 250 g/mol. The van der Waals surface area contributed by atoms with Gasteiger partial charge in [0.25, 0.3) is 0 Å². The summed E-state index contributed by atoms with van der Waals surface area (Å²) in [5.74, 6) is -0.247. The monoisotopic (exact) mass is 250 g/mol. The molecule has 2 aliphatic heterocycles. The van der Waals surface area contributed by atoms with Crippen LogP contribution in [0.15, 0.2) is 23.3 Å². The summed E-state index contributed by atoms with van der Waals surface area (Å²) >= 11 is 0. The minimum Gasteiger partial charge on any atom is -0.459 e. The van der Waals surface area contributed by atoms with Gasteiger partial charge >= 0.3 is 5.97 Å². The van der Waals surface area contributed by atoms with Gasteiger partial charge in [-0.25, -0.2) is 4.79 Å². The molecule has 2 heterocycles. The highest BCUT2D eigenvalue weighted by atomic mass is 16.6. The predicted octanol–water partition coefficient (Wildman–Crippen LogP) is 3.15. The van der Waals surface area contributed by atoms with Crippen LogP contribution in [0.1, 0.15) is 46.5 Å². The molecule has 0 radical (unpaired) electrons. The molecule has 1 fully saturated rings. The van der Waals surface area contributed by atoms with E-state index in [1.165, 1.54) is 5.57 Å². The first-order chi connectivity index (χ1) is 8.49. The molecule has 0 N–H and O–H groups in total. The molecule has 18 heavy (non-hydrogen) atoms. The summed E-state index contributed by atoms with van der Waals surface area (Å²) in [6, 6.07) is 0. The van der Waals surface area contributed by atoms with E-state index in [2.05, 4.69) is 13.0 Å². The molecule has 3 nitrogen and oxygen atoms in total. The topological polar surface area (TPSA) is 38.8 Å². The standard InChI is InChI=1S/C15H22O3/c1-11-5-4-6-12(2)9-14(16)17-10-15(3)13(18-15)8-7-11/h5,9,13H,4,6-8,10H2,1-3H3/b11-5+,12-9+/t13-,15-/m0/s1. The van der Waals surface area contributed by atoms with Gasteiger partial charge in [-0.05, 0) is 46.5 Å². The Labute approximate surface area is 109 Å². The number of fused-ring (bicyclic) bond motifs is 1. The van der Waals surface area contributed by atoms with Crippen molar-refractivity contribution in [1.82, 2.24) is 0 Å². The molecule has 0 aliphatic carbocycles. The molecule has 0 amide bonds. The van der Waals surface area contributed by atoms with Crippen LogP contribution in [-0.4, -0.2) is 24.3 Å². The zero-order chi connectivity index (χ0) is 13.2. The largest absolute Gasteiger partial charge is 0.459 e. The molecule has 0 unspecified atom stereocenters. The van der Waals surface area contributed by atoms with Crippen LogP contribution >= 0.6 is 0 Å². The van der Waals surface area contributed by atoms with E-state index in [0.29, 0.717) is 6.61 Å². The lowest BCUT2D eigenvalue weighted by Crippen LogP contribution is -2.20. The number of hydrogen-bond acceptors (Lipinski definition) is 3. The van der Waals surface area contributed by atoms with Crippen LogP contribution < -0.4 is 0 Å². The van der Waals surface area contributed by atoms with Crippen molar-refractivity contribution in [2.75, 3.05) is 6.61 Å². The summed E-state index contributed by atoms with van der Waals surface area (Å²) in [5, 5.41) is 0. The maximum Gasteiger partial charge on any atom is 0.330 e. The highest BCUT2D eigenvalue weighted by Gasteiger charge is 2.52. The smallest absolute Gasteiger partial charge is 0.330 e. The van der Waals surface area contributed by atoms with Crippen LogP contribution in [0.2, 0.25) is 0 Å². The van der Waals surface area contributed by atoms with E-state index in [4.69, 9.17) is 9.47 Å². The van der Waals surface area contributed by atoms with E-state index < -0.39 is 0 Å². The number of hydrogen-bond donors (Lipinski definition) is 0. The molecule has 0 aromatic heterocycles. The second-order valence-corrected chi connectivity index (χ2v) is 5.65. The minimum absolute atomic E-state index is 0.236. The Balaban J connectivity index is 2.04. The fourth-order valence-electron chi connectivity index (χ4n) is 2.32. The number of ether oxygens (including phenoxy) is 2. The second kappa shape index (κ2) is 5.27. The van der Waals surface area contributed by atoms with E-state index in [1.807, 2.05) is 13.8 Å². The third-order valence-corrected chi connectivity index (χ3v) is 3.73. The Morgan fingerprint density at radius 2 is 2.06 bits per heavy atom. The lowest BCUT2D eigenvalue weighted by molar-refractivity contribution is -0.139. The molecule has 2 atom stereocenters. The number of epoxide rings is 1. The summed E-state index contributed by atoms with van der Waals surface area (Å²) < 4.78 is 10.9. The molecule has 100 valence electrons. The van der Waals surface area contributed by atoms with Crippen LogP contribution in [0, 0.1) is 0 Å². The maximum absolute atomic E-state index is 11.6. The van der Waals surface area contributed by atoms with E-state index in [-0.39, 0.29) is 17.7 Å². The number of carbonyl (C=O) groups is 1. The number of rotatable bonds is 0. The Morgan fingerprint density at radius 1 is 1.28 bits per heavy atom. The van der Waals surface area contributed by atoms with Gasteiger partial charge in [0.05, 0.1) is 6.10 Å². The average Bonchev–Trinajstić information content (AvgIpc) is 2.95. The number of allylic oxidation sites excluding steroid dienone is 3. The summed E-state index contributed by atoms with van der Waals surface area (Å²) in [4.78, 5) is 11.6. The lowest BCUT2D eigenvalue weighted by atomic mass is 10.0. The SMILES string of the molecule is C/C1=C\C(=O)OC[C@]2(C)O[C@H]2CC/C(C)=C/CC1. The molecule has 2 rings (SSSR count). The zero-order valence-electron chi connectivity index (χ0n) is 11.5. The van der Waals surface area contributed by atoms with Gasteiger partial charge in [-0.1, -0.05) is 17.2 Å². The van der Waals surface area contributed by atoms with Gasteiger partial charge in [-0.15, -0.1) is 0 Å². The highest BCUT2D eigenvalue weighted by molar-refractivity contribution is 5.82. The molecule has 2 aliphatic rings. The molecular weight excluding hydrogens is 228 g/mol. The van der Waals surface area contributed by atoms with Crippen molar-refractivity contribution in [3.63, 3.8) is 0 Å². The molecular formula is C15H22O3. The molecule has 0 spiro atoms. The number of cyclic esters (lactones) is 1. The van der Waals surface area contributed by atoms with Crippen molar-refractivity contribution >= 4 is 5.97 Å². The second-order valence-electron chi connectivity index (χ2n) is 5.65. The molecule has 0 aromatic rings. The first-order valence-electron chi connectivity index (χ1n) is 6.67. The summed E-state index contributed by atoms with van der Waals surface area (Å²) in [6.45, 7) is 6.52. The third kappa shape index (κ3) is 3.45. The maximum atomic E-state index is 11.6. The zero-order valence-corrected chi connectivity index (χ0v) is 11.5. The fraction of sp³-hybridized carbons (Fsp3) is 0.667. The van der Waals surface area contributed by atoms with Gasteiger partial charge in [-0.2, -0.15) is 0 Å². The van der Waals surface area contributed by atoms with Gasteiger partial charge < -0.3 is 9.47 Å². The molecule has 3 heteroatoms. The highest BCUT2D eigenvalue weighted by Crippen LogP contribution is 2.40. The van der Waals surface area contributed by atoms with Crippen LogP contribution in [-0.2, 0) is 14.3 Å².